The molecule has 1 heterocycles. The second kappa shape index (κ2) is 5.33. The number of anilines is 1. The van der Waals surface area contributed by atoms with Crippen molar-refractivity contribution in [3.63, 3.8) is 0 Å². The van der Waals surface area contributed by atoms with Crippen molar-refractivity contribution in [2.75, 3.05) is 5.32 Å². The van der Waals surface area contributed by atoms with Gasteiger partial charge in [-0.25, -0.2) is 4.79 Å². The number of benzene rings is 1. The highest BCUT2D eigenvalue weighted by Crippen LogP contribution is 2.42. The van der Waals surface area contributed by atoms with Crippen LogP contribution in [-0.4, -0.2) is 27.4 Å². The van der Waals surface area contributed by atoms with Gasteiger partial charge in [-0.2, -0.15) is 0 Å². The van der Waals surface area contributed by atoms with Crippen LogP contribution in [0, 0.1) is 0 Å². The zero-order valence-corrected chi connectivity index (χ0v) is 12.6. The molecule has 0 aliphatic heterocycles. The average Bonchev–Trinajstić information content (AvgIpc) is 3.18. The number of aliphatic hydroxyl groups excluding tert-OH is 1. The van der Waals surface area contributed by atoms with Crippen LogP contribution in [0.4, 0.5) is 9.93 Å². The van der Waals surface area contributed by atoms with Gasteiger partial charge < -0.3 is 10.4 Å². The van der Waals surface area contributed by atoms with Gasteiger partial charge in [0.15, 0.2) is 0 Å². The maximum atomic E-state index is 12.1. The molecule has 0 saturated heterocycles. The second-order valence-corrected chi connectivity index (χ2v) is 6.78. The van der Waals surface area contributed by atoms with Crippen LogP contribution in [0.2, 0.25) is 0 Å². The smallest absolute Gasteiger partial charge is 0.321 e. The van der Waals surface area contributed by atoms with Crippen LogP contribution in [0.1, 0.15) is 40.9 Å². The van der Waals surface area contributed by atoms with E-state index < -0.39 is 6.10 Å². The fraction of sp³-hybridized carbons (Fsp3) is 0.400. The van der Waals surface area contributed by atoms with Gasteiger partial charge in [-0.3, -0.25) is 5.32 Å². The lowest BCUT2D eigenvalue weighted by Gasteiger charge is -2.17. The number of aromatic nitrogens is 2. The minimum Gasteiger partial charge on any atom is -0.390 e. The lowest BCUT2D eigenvalue weighted by atomic mass is 10.1. The van der Waals surface area contributed by atoms with Crippen molar-refractivity contribution in [3.8, 4) is 0 Å². The Hall–Kier alpha value is -1.99. The van der Waals surface area contributed by atoms with Crippen molar-refractivity contribution >= 4 is 22.5 Å². The molecule has 7 heteroatoms. The Morgan fingerprint density at radius 2 is 2.09 bits per heavy atom. The standard InChI is InChI=1S/C15H16N4O2S/c20-11-7-9-3-1-2-4-10(9)12(11)16-14(21)17-15-19-18-13(22-15)8-5-6-8/h1-4,8,11-12,20H,5-7H2,(H2,16,17,19,21)/t11-,12+/m1/s1. The van der Waals surface area contributed by atoms with Gasteiger partial charge in [0.1, 0.15) is 5.01 Å². The Morgan fingerprint density at radius 1 is 1.27 bits per heavy atom. The van der Waals surface area contributed by atoms with Crippen molar-refractivity contribution in [2.45, 2.75) is 37.3 Å². The van der Waals surface area contributed by atoms with Crippen molar-refractivity contribution < 1.29 is 9.90 Å². The molecule has 2 atom stereocenters. The van der Waals surface area contributed by atoms with E-state index in [1.165, 1.54) is 11.3 Å². The van der Waals surface area contributed by atoms with Crippen LogP contribution in [0.25, 0.3) is 0 Å². The average molecular weight is 316 g/mol. The number of nitrogens with one attached hydrogen (secondary N) is 2. The predicted molar refractivity (Wildman–Crippen MR) is 82.9 cm³/mol. The number of rotatable bonds is 3. The van der Waals surface area contributed by atoms with Gasteiger partial charge in [0.2, 0.25) is 5.13 Å². The Balaban J connectivity index is 1.43. The largest absolute Gasteiger partial charge is 0.390 e. The van der Waals surface area contributed by atoms with E-state index in [9.17, 15) is 9.90 Å². The van der Waals surface area contributed by atoms with Crippen LogP contribution in [0.5, 0.6) is 0 Å². The summed E-state index contributed by atoms with van der Waals surface area (Å²) in [6.45, 7) is 0. The van der Waals surface area contributed by atoms with Crippen molar-refractivity contribution in [2.24, 2.45) is 0 Å². The summed E-state index contributed by atoms with van der Waals surface area (Å²) in [7, 11) is 0. The highest BCUT2D eigenvalue weighted by Gasteiger charge is 2.32. The van der Waals surface area contributed by atoms with Crippen LogP contribution in [0.3, 0.4) is 0 Å². The first kappa shape index (κ1) is 13.7. The van der Waals surface area contributed by atoms with Gasteiger partial charge in [0, 0.05) is 12.3 Å². The number of hydrogen-bond donors (Lipinski definition) is 3. The number of amides is 2. The quantitative estimate of drug-likeness (QED) is 0.810. The third-order valence-corrected chi connectivity index (χ3v) is 5.08. The SMILES string of the molecule is O=C(Nc1nnc(C2CC2)s1)N[C@H]1c2ccccc2C[C@H]1O. The molecule has 1 fully saturated rings. The van der Waals surface area contributed by atoms with E-state index in [-0.39, 0.29) is 12.1 Å². The molecular weight excluding hydrogens is 300 g/mol. The first-order valence-corrected chi connectivity index (χ1v) is 8.19. The minimum atomic E-state index is -0.598. The second-order valence-electron chi connectivity index (χ2n) is 5.77. The summed E-state index contributed by atoms with van der Waals surface area (Å²) >= 11 is 1.42. The summed E-state index contributed by atoms with van der Waals surface area (Å²) in [6.07, 6.45) is 2.28. The maximum Gasteiger partial charge on any atom is 0.321 e. The summed E-state index contributed by atoms with van der Waals surface area (Å²) in [6, 6.07) is 7.02. The molecule has 2 aromatic rings. The van der Waals surface area contributed by atoms with E-state index >= 15 is 0 Å². The van der Waals surface area contributed by atoms with Crippen molar-refractivity contribution in [1.29, 1.82) is 0 Å². The Kier molecular flexibility index (Phi) is 3.31. The van der Waals surface area contributed by atoms with Crippen LogP contribution >= 0.6 is 11.3 Å². The van der Waals surface area contributed by atoms with Gasteiger partial charge in [0.25, 0.3) is 0 Å². The van der Waals surface area contributed by atoms with Crippen molar-refractivity contribution in [3.05, 3.63) is 40.4 Å². The highest BCUT2D eigenvalue weighted by atomic mass is 32.1. The van der Waals surface area contributed by atoms with Gasteiger partial charge in [-0.1, -0.05) is 35.6 Å². The van der Waals surface area contributed by atoms with Gasteiger partial charge in [-0.15, -0.1) is 10.2 Å². The minimum absolute atomic E-state index is 0.362. The summed E-state index contributed by atoms with van der Waals surface area (Å²) in [4.78, 5) is 12.1. The van der Waals surface area contributed by atoms with E-state index in [1.54, 1.807) is 0 Å². The van der Waals surface area contributed by atoms with E-state index in [2.05, 4.69) is 20.8 Å². The van der Waals surface area contributed by atoms with Crippen molar-refractivity contribution in [1.82, 2.24) is 15.5 Å². The van der Waals surface area contributed by atoms with E-state index in [0.717, 1.165) is 29.0 Å². The normalized spacial score (nSPS) is 23.1. The summed E-state index contributed by atoms with van der Waals surface area (Å²) in [5.41, 5.74) is 2.05. The van der Waals surface area contributed by atoms with Crippen LogP contribution in [-0.2, 0) is 6.42 Å². The van der Waals surface area contributed by atoms with Gasteiger partial charge >= 0.3 is 6.03 Å². The Bertz CT molecular complexity index is 713. The lowest BCUT2D eigenvalue weighted by molar-refractivity contribution is 0.144. The maximum absolute atomic E-state index is 12.1. The molecule has 3 N–H and O–H groups in total. The molecule has 0 radical (unpaired) electrons. The summed E-state index contributed by atoms with van der Waals surface area (Å²) < 4.78 is 0. The van der Waals surface area contributed by atoms with Gasteiger partial charge in [0.05, 0.1) is 12.1 Å². The Labute approximate surface area is 131 Å². The number of urea groups is 1. The third-order valence-electron chi connectivity index (χ3n) is 4.08. The highest BCUT2D eigenvalue weighted by molar-refractivity contribution is 7.15. The zero-order valence-electron chi connectivity index (χ0n) is 11.8. The number of carbonyl (C=O) groups excluding carboxylic acids is 1. The first-order chi connectivity index (χ1) is 10.7. The number of fused-ring (bicyclic) bond motifs is 1. The molecule has 0 unspecified atom stereocenters. The lowest BCUT2D eigenvalue weighted by Crippen LogP contribution is -2.36. The van der Waals surface area contributed by atoms with E-state index in [0.29, 0.717) is 17.5 Å². The van der Waals surface area contributed by atoms with Crippen LogP contribution < -0.4 is 10.6 Å². The molecule has 1 aromatic heterocycles. The molecule has 2 aliphatic carbocycles. The molecule has 1 aromatic carbocycles. The summed E-state index contributed by atoms with van der Waals surface area (Å²) in [5.74, 6) is 0.527. The summed E-state index contributed by atoms with van der Waals surface area (Å²) in [5, 5.41) is 25.2. The first-order valence-electron chi connectivity index (χ1n) is 7.37. The molecule has 1 saturated carbocycles. The Morgan fingerprint density at radius 3 is 2.91 bits per heavy atom. The van der Waals surface area contributed by atoms with E-state index in [1.807, 2.05) is 24.3 Å². The molecule has 22 heavy (non-hydrogen) atoms. The molecule has 0 bridgehead atoms. The molecule has 6 nitrogen and oxygen atoms in total. The molecule has 2 amide bonds. The fourth-order valence-corrected chi connectivity index (χ4v) is 3.71. The van der Waals surface area contributed by atoms with Crippen LogP contribution in [0.15, 0.2) is 24.3 Å². The molecule has 0 spiro atoms. The predicted octanol–water partition coefficient (Wildman–Crippen LogP) is 2.20. The number of hydrogen-bond acceptors (Lipinski definition) is 5. The monoisotopic (exact) mass is 316 g/mol. The number of aliphatic hydroxyl groups is 1. The molecule has 114 valence electrons. The third kappa shape index (κ3) is 2.57. The van der Waals surface area contributed by atoms with E-state index in [4.69, 9.17) is 0 Å². The van der Waals surface area contributed by atoms with Gasteiger partial charge in [-0.05, 0) is 24.0 Å². The molecule has 2 aliphatic rings. The number of nitrogens with zero attached hydrogens (tertiary/aromatic N) is 2. The zero-order chi connectivity index (χ0) is 15.1. The fourth-order valence-electron chi connectivity index (χ4n) is 2.80. The molecule has 4 rings (SSSR count). The number of carbonyl (C=O) groups is 1. The molecular formula is C15H16N4O2S. The topological polar surface area (TPSA) is 87.1 Å².